The normalized spacial score (nSPS) is 15.0. The van der Waals surface area contributed by atoms with Crippen LogP contribution in [0.3, 0.4) is 0 Å². The third-order valence-electron chi connectivity index (χ3n) is 4.87. The Bertz CT molecular complexity index is 978. The Hall–Kier alpha value is -2.87. The number of nitrogens with zero attached hydrogens (tertiary/aromatic N) is 1. The minimum absolute atomic E-state index is 0.00149. The Morgan fingerprint density at radius 1 is 0.931 bits per heavy atom. The Labute approximate surface area is 171 Å². The van der Waals surface area contributed by atoms with Crippen molar-refractivity contribution in [3.8, 4) is 0 Å². The maximum absolute atomic E-state index is 12.6. The Balaban J connectivity index is 1.51. The van der Waals surface area contributed by atoms with E-state index in [0.717, 1.165) is 11.8 Å². The summed E-state index contributed by atoms with van der Waals surface area (Å²) in [5, 5.41) is 2.99. The summed E-state index contributed by atoms with van der Waals surface area (Å²) in [6.07, 6.45) is 2.46. The molecule has 0 radical (unpaired) electrons. The van der Waals surface area contributed by atoms with E-state index in [1.54, 1.807) is 24.3 Å². The highest BCUT2D eigenvalue weighted by molar-refractivity contribution is 7.92. The number of piperidine rings is 1. The third-order valence-corrected chi connectivity index (χ3v) is 5.47. The number of likely N-dealkylation sites (tertiary alicyclic amines) is 1. The van der Waals surface area contributed by atoms with Gasteiger partial charge in [0.25, 0.3) is 11.8 Å². The van der Waals surface area contributed by atoms with Gasteiger partial charge in [-0.05, 0) is 56.2 Å². The number of aryl methyl sites for hydroxylation is 1. The van der Waals surface area contributed by atoms with E-state index in [-0.39, 0.29) is 17.9 Å². The summed E-state index contributed by atoms with van der Waals surface area (Å²) in [5.74, 6) is -0.192. The lowest BCUT2D eigenvalue weighted by atomic mass is 10.0. The molecule has 2 amide bonds. The van der Waals surface area contributed by atoms with Crippen molar-refractivity contribution in [1.29, 1.82) is 0 Å². The van der Waals surface area contributed by atoms with Crippen LogP contribution in [0, 0.1) is 6.92 Å². The van der Waals surface area contributed by atoms with E-state index >= 15 is 0 Å². The van der Waals surface area contributed by atoms with Crippen LogP contribution in [0.1, 0.15) is 39.1 Å². The first-order valence-electron chi connectivity index (χ1n) is 9.46. The molecule has 29 heavy (non-hydrogen) atoms. The lowest BCUT2D eigenvalue weighted by Crippen LogP contribution is -2.46. The zero-order valence-corrected chi connectivity index (χ0v) is 17.3. The number of anilines is 1. The van der Waals surface area contributed by atoms with E-state index in [0.29, 0.717) is 42.7 Å². The molecule has 0 unspecified atom stereocenters. The third kappa shape index (κ3) is 5.80. The van der Waals surface area contributed by atoms with E-state index in [9.17, 15) is 18.0 Å². The second-order valence-corrected chi connectivity index (χ2v) is 9.11. The average Bonchev–Trinajstić information content (AvgIpc) is 2.68. The molecule has 1 saturated heterocycles. The van der Waals surface area contributed by atoms with Gasteiger partial charge in [-0.1, -0.05) is 17.7 Å². The quantitative estimate of drug-likeness (QED) is 0.784. The highest BCUT2D eigenvalue weighted by Gasteiger charge is 2.24. The summed E-state index contributed by atoms with van der Waals surface area (Å²) in [7, 11) is -3.35. The largest absolute Gasteiger partial charge is 0.349 e. The first-order chi connectivity index (χ1) is 13.7. The second-order valence-electron chi connectivity index (χ2n) is 7.36. The van der Waals surface area contributed by atoms with Crippen LogP contribution >= 0.6 is 0 Å². The molecule has 2 aromatic carbocycles. The van der Waals surface area contributed by atoms with Crippen molar-refractivity contribution in [3.63, 3.8) is 0 Å². The van der Waals surface area contributed by atoms with E-state index in [1.807, 2.05) is 36.1 Å². The molecule has 0 atom stereocenters. The smallest absolute Gasteiger partial charge is 0.253 e. The molecular formula is C21H25N3O4S. The minimum atomic E-state index is -3.35. The fourth-order valence-corrected chi connectivity index (χ4v) is 3.84. The number of carbonyl (C=O) groups is 2. The molecular weight excluding hydrogens is 390 g/mol. The van der Waals surface area contributed by atoms with Gasteiger partial charge in [-0.3, -0.25) is 14.3 Å². The van der Waals surface area contributed by atoms with Gasteiger partial charge in [0.15, 0.2) is 0 Å². The van der Waals surface area contributed by atoms with Crippen LogP contribution in [0.2, 0.25) is 0 Å². The Kier molecular flexibility index (Phi) is 6.22. The van der Waals surface area contributed by atoms with Gasteiger partial charge in [-0.25, -0.2) is 8.42 Å². The lowest BCUT2D eigenvalue weighted by Gasteiger charge is -2.32. The van der Waals surface area contributed by atoms with Crippen LogP contribution in [0.25, 0.3) is 0 Å². The van der Waals surface area contributed by atoms with Gasteiger partial charge in [0, 0.05) is 35.9 Å². The standard InChI is InChI=1S/C21H25N3O4S/c1-15-3-5-17(6-4-15)21(26)24-13-11-18(12-14-24)22-20(25)16-7-9-19(10-8-16)23-29(2,27)28/h3-10,18,23H,11-14H2,1-2H3,(H,22,25). The first-order valence-corrected chi connectivity index (χ1v) is 11.3. The van der Waals surface area contributed by atoms with Crippen molar-refractivity contribution in [2.24, 2.45) is 0 Å². The summed E-state index contributed by atoms with van der Waals surface area (Å²) in [4.78, 5) is 26.8. The van der Waals surface area contributed by atoms with Crippen molar-refractivity contribution < 1.29 is 18.0 Å². The fourth-order valence-electron chi connectivity index (χ4n) is 3.28. The molecule has 3 rings (SSSR count). The van der Waals surface area contributed by atoms with Gasteiger partial charge in [-0.15, -0.1) is 0 Å². The number of hydrogen-bond acceptors (Lipinski definition) is 4. The predicted molar refractivity (Wildman–Crippen MR) is 112 cm³/mol. The molecule has 1 aliphatic rings. The number of benzene rings is 2. The summed E-state index contributed by atoms with van der Waals surface area (Å²) in [5.41, 5.74) is 2.66. The number of rotatable bonds is 5. The molecule has 2 aromatic rings. The zero-order chi connectivity index (χ0) is 21.0. The highest BCUT2D eigenvalue weighted by Crippen LogP contribution is 2.16. The molecule has 0 bridgehead atoms. The molecule has 8 heteroatoms. The molecule has 2 N–H and O–H groups in total. The van der Waals surface area contributed by atoms with Crippen molar-refractivity contribution in [3.05, 3.63) is 65.2 Å². The van der Waals surface area contributed by atoms with Crippen molar-refractivity contribution in [2.75, 3.05) is 24.1 Å². The second kappa shape index (κ2) is 8.65. The monoisotopic (exact) mass is 415 g/mol. The number of carbonyl (C=O) groups excluding carboxylic acids is 2. The van der Waals surface area contributed by atoms with Gasteiger partial charge in [0.2, 0.25) is 10.0 Å². The van der Waals surface area contributed by atoms with E-state index < -0.39 is 10.0 Å². The molecule has 0 aromatic heterocycles. The fraction of sp³-hybridized carbons (Fsp3) is 0.333. The van der Waals surface area contributed by atoms with Crippen molar-refractivity contribution in [2.45, 2.75) is 25.8 Å². The van der Waals surface area contributed by atoms with Gasteiger partial charge in [0.05, 0.1) is 6.26 Å². The van der Waals surface area contributed by atoms with Crippen LogP contribution in [0.4, 0.5) is 5.69 Å². The van der Waals surface area contributed by atoms with Crippen LogP contribution in [-0.4, -0.2) is 50.5 Å². The highest BCUT2D eigenvalue weighted by atomic mass is 32.2. The van der Waals surface area contributed by atoms with Gasteiger partial charge in [-0.2, -0.15) is 0 Å². The Morgan fingerprint density at radius 3 is 2.03 bits per heavy atom. The molecule has 1 heterocycles. The molecule has 0 aliphatic carbocycles. The maximum Gasteiger partial charge on any atom is 0.253 e. The summed E-state index contributed by atoms with van der Waals surface area (Å²) in [6, 6.07) is 13.8. The SMILES string of the molecule is Cc1ccc(C(=O)N2CCC(NC(=O)c3ccc(NS(C)(=O)=O)cc3)CC2)cc1. The maximum atomic E-state index is 12.6. The van der Waals surface area contributed by atoms with Gasteiger partial charge >= 0.3 is 0 Å². The van der Waals surface area contributed by atoms with Gasteiger partial charge < -0.3 is 10.2 Å². The number of sulfonamides is 1. The molecule has 1 fully saturated rings. The minimum Gasteiger partial charge on any atom is -0.349 e. The number of amides is 2. The van der Waals surface area contributed by atoms with Crippen molar-refractivity contribution >= 4 is 27.5 Å². The summed E-state index contributed by atoms with van der Waals surface area (Å²) in [6.45, 7) is 3.17. The van der Waals surface area contributed by atoms with Crippen LogP contribution in [0.5, 0.6) is 0 Å². The molecule has 7 nitrogen and oxygen atoms in total. The first kappa shape index (κ1) is 20.9. The van der Waals surface area contributed by atoms with Crippen LogP contribution < -0.4 is 10.0 Å². The van der Waals surface area contributed by atoms with Crippen LogP contribution in [-0.2, 0) is 10.0 Å². The Morgan fingerprint density at radius 2 is 1.48 bits per heavy atom. The molecule has 1 aliphatic heterocycles. The van der Waals surface area contributed by atoms with E-state index in [4.69, 9.17) is 0 Å². The van der Waals surface area contributed by atoms with E-state index in [1.165, 1.54) is 0 Å². The predicted octanol–water partition coefficient (Wildman–Crippen LogP) is 2.40. The summed E-state index contributed by atoms with van der Waals surface area (Å²) < 4.78 is 24.9. The topological polar surface area (TPSA) is 95.6 Å². The van der Waals surface area contributed by atoms with E-state index in [2.05, 4.69) is 10.0 Å². The number of nitrogens with one attached hydrogen (secondary N) is 2. The molecule has 0 saturated carbocycles. The van der Waals surface area contributed by atoms with Crippen LogP contribution in [0.15, 0.2) is 48.5 Å². The van der Waals surface area contributed by atoms with Crippen molar-refractivity contribution in [1.82, 2.24) is 10.2 Å². The van der Waals surface area contributed by atoms with Gasteiger partial charge in [0.1, 0.15) is 0 Å². The average molecular weight is 416 g/mol. The lowest BCUT2D eigenvalue weighted by molar-refractivity contribution is 0.0698. The number of hydrogen-bond donors (Lipinski definition) is 2. The zero-order valence-electron chi connectivity index (χ0n) is 16.5. The molecule has 0 spiro atoms. The summed E-state index contributed by atoms with van der Waals surface area (Å²) >= 11 is 0. The molecule has 154 valence electrons.